The van der Waals surface area contributed by atoms with Gasteiger partial charge in [0.05, 0.1) is 25.7 Å². The summed E-state index contributed by atoms with van der Waals surface area (Å²) in [7, 11) is 3.16. The number of hydrogen-bond donors (Lipinski definition) is 0. The number of amides is 1. The number of carbonyl (C=O) groups excluding carboxylic acids is 1. The zero-order valence-corrected chi connectivity index (χ0v) is 13.5. The van der Waals surface area contributed by atoms with E-state index in [4.69, 9.17) is 14.2 Å². The maximum absolute atomic E-state index is 13.3. The molecule has 0 saturated carbocycles. The van der Waals surface area contributed by atoms with E-state index in [1.807, 2.05) is 4.90 Å². The minimum atomic E-state index is -0.372. The first-order chi connectivity index (χ1) is 11.1. The summed E-state index contributed by atoms with van der Waals surface area (Å²) in [5.41, 5.74) is 0.697. The van der Waals surface area contributed by atoms with Crippen molar-refractivity contribution in [3.8, 4) is 5.75 Å². The second-order valence-electron chi connectivity index (χ2n) is 5.97. The van der Waals surface area contributed by atoms with Crippen LogP contribution in [0.4, 0.5) is 4.39 Å². The van der Waals surface area contributed by atoms with Crippen molar-refractivity contribution in [3.63, 3.8) is 0 Å². The number of piperidine rings is 1. The van der Waals surface area contributed by atoms with Crippen molar-refractivity contribution in [2.24, 2.45) is 0 Å². The van der Waals surface area contributed by atoms with Gasteiger partial charge in [0.2, 0.25) is 5.91 Å². The van der Waals surface area contributed by atoms with E-state index in [2.05, 4.69) is 0 Å². The van der Waals surface area contributed by atoms with Crippen molar-refractivity contribution in [2.75, 3.05) is 27.4 Å². The van der Waals surface area contributed by atoms with Crippen LogP contribution in [0.25, 0.3) is 0 Å². The van der Waals surface area contributed by atoms with Gasteiger partial charge in [0.25, 0.3) is 0 Å². The molecule has 1 amide bonds. The number of fused-ring (bicyclic) bond motifs is 1. The van der Waals surface area contributed by atoms with Crippen molar-refractivity contribution in [1.29, 1.82) is 0 Å². The van der Waals surface area contributed by atoms with Gasteiger partial charge in [0.15, 0.2) is 0 Å². The molecule has 0 N–H and O–H groups in total. The van der Waals surface area contributed by atoms with Gasteiger partial charge >= 0.3 is 0 Å². The normalized spacial score (nSPS) is 26.9. The van der Waals surface area contributed by atoms with Crippen molar-refractivity contribution in [1.82, 2.24) is 4.90 Å². The van der Waals surface area contributed by atoms with Crippen LogP contribution >= 0.6 is 0 Å². The average molecular weight is 323 g/mol. The Kier molecular flexibility index (Phi) is 4.82. The van der Waals surface area contributed by atoms with E-state index in [9.17, 15) is 9.18 Å². The fourth-order valence-corrected chi connectivity index (χ4v) is 3.58. The van der Waals surface area contributed by atoms with Crippen LogP contribution in [0, 0.1) is 5.82 Å². The van der Waals surface area contributed by atoms with Crippen molar-refractivity contribution in [3.05, 3.63) is 29.6 Å². The summed E-state index contributed by atoms with van der Waals surface area (Å²) < 4.78 is 29.7. The molecule has 2 saturated heterocycles. The third kappa shape index (κ3) is 3.19. The molecule has 2 heterocycles. The molecule has 6 heteroatoms. The monoisotopic (exact) mass is 323 g/mol. The maximum atomic E-state index is 13.3. The molecule has 3 atom stereocenters. The van der Waals surface area contributed by atoms with Gasteiger partial charge in [-0.05, 0) is 18.9 Å². The molecule has 1 aromatic carbocycles. The lowest BCUT2D eigenvalue weighted by Crippen LogP contribution is -2.55. The number of ether oxygens (including phenoxy) is 3. The van der Waals surface area contributed by atoms with Crippen LogP contribution in [0.2, 0.25) is 0 Å². The summed E-state index contributed by atoms with van der Waals surface area (Å²) in [6, 6.07) is 4.33. The van der Waals surface area contributed by atoms with Gasteiger partial charge < -0.3 is 19.1 Å². The molecule has 5 nitrogen and oxygen atoms in total. The molecule has 126 valence electrons. The van der Waals surface area contributed by atoms with E-state index in [0.29, 0.717) is 24.5 Å². The number of halogens is 1. The quantitative estimate of drug-likeness (QED) is 0.847. The minimum absolute atomic E-state index is 0.0185. The van der Waals surface area contributed by atoms with Gasteiger partial charge in [-0.25, -0.2) is 4.39 Å². The molecular formula is C17H22FNO4. The predicted molar refractivity (Wildman–Crippen MR) is 81.9 cm³/mol. The second-order valence-corrected chi connectivity index (χ2v) is 5.97. The Morgan fingerprint density at radius 3 is 2.96 bits per heavy atom. The number of carbonyl (C=O) groups is 1. The summed E-state index contributed by atoms with van der Waals surface area (Å²) >= 11 is 0. The summed E-state index contributed by atoms with van der Waals surface area (Å²) in [5.74, 6) is 0.0533. The van der Waals surface area contributed by atoms with Crippen molar-refractivity contribution < 1.29 is 23.4 Å². The van der Waals surface area contributed by atoms with Crippen LogP contribution in [0.1, 0.15) is 18.4 Å². The van der Waals surface area contributed by atoms with Crippen molar-refractivity contribution >= 4 is 5.91 Å². The van der Waals surface area contributed by atoms with Crippen LogP contribution in [0.15, 0.2) is 18.2 Å². The largest absolute Gasteiger partial charge is 0.496 e. The van der Waals surface area contributed by atoms with E-state index in [0.717, 1.165) is 12.8 Å². The third-order valence-corrected chi connectivity index (χ3v) is 4.74. The smallest absolute Gasteiger partial charge is 0.227 e. The maximum Gasteiger partial charge on any atom is 0.227 e. The predicted octanol–water partition coefficient (Wildman–Crippen LogP) is 1.78. The highest BCUT2D eigenvalue weighted by molar-refractivity contribution is 5.80. The van der Waals surface area contributed by atoms with E-state index >= 15 is 0 Å². The molecular weight excluding hydrogens is 301 g/mol. The first kappa shape index (κ1) is 16.2. The summed E-state index contributed by atoms with van der Waals surface area (Å²) in [6.07, 6.45) is 1.80. The number of hydrogen-bond acceptors (Lipinski definition) is 4. The molecule has 0 unspecified atom stereocenters. The fraction of sp³-hybridized carbons (Fsp3) is 0.588. The van der Waals surface area contributed by atoms with E-state index < -0.39 is 0 Å². The Bertz CT molecular complexity index is 580. The Hall–Kier alpha value is -1.66. The van der Waals surface area contributed by atoms with E-state index in [1.54, 1.807) is 13.2 Å². The third-order valence-electron chi connectivity index (χ3n) is 4.74. The second kappa shape index (κ2) is 6.84. The lowest BCUT2D eigenvalue weighted by atomic mass is 9.94. The van der Waals surface area contributed by atoms with Gasteiger partial charge in [-0.3, -0.25) is 4.79 Å². The molecule has 3 rings (SSSR count). The van der Waals surface area contributed by atoms with E-state index in [1.165, 1.54) is 19.2 Å². The summed E-state index contributed by atoms with van der Waals surface area (Å²) in [6.45, 7) is 1.31. The summed E-state index contributed by atoms with van der Waals surface area (Å²) in [5, 5.41) is 0. The average Bonchev–Trinajstić information content (AvgIpc) is 3.05. The highest BCUT2D eigenvalue weighted by Gasteiger charge is 2.44. The molecule has 0 spiro atoms. The van der Waals surface area contributed by atoms with Gasteiger partial charge in [-0.15, -0.1) is 0 Å². The Morgan fingerprint density at radius 2 is 2.22 bits per heavy atom. The number of nitrogens with zero attached hydrogens (tertiary/aromatic N) is 1. The molecule has 2 fully saturated rings. The lowest BCUT2D eigenvalue weighted by Gasteiger charge is -2.40. The first-order valence-corrected chi connectivity index (χ1v) is 7.90. The van der Waals surface area contributed by atoms with Crippen LogP contribution in [-0.4, -0.2) is 56.4 Å². The Morgan fingerprint density at radius 1 is 1.39 bits per heavy atom. The van der Waals surface area contributed by atoms with E-state index in [-0.39, 0.29) is 36.4 Å². The molecule has 0 radical (unpaired) electrons. The first-order valence-electron chi connectivity index (χ1n) is 7.90. The minimum Gasteiger partial charge on any atom is -0.496 e. The lowest BCUT2D eigenvalue weighted by molar-refractivity contribution is -0.142. The fourth-order valence-electron chi connectivity index (χ4n) is 3.58. The Labute approximate surface area is 135 Å². The molecule has 0 aromatic heterocycles. The molecule has 1 aromatic rings. The molecule has 2 aliphatic heterocycles. The van der Waals surface area contributed by atoms with Crippen LogP contribution < -0.4 is 4.74 Å². The SMILES string of the molecule is COc1cc(F)ccc1CC(=O)N1CC[C@H](OC)[C@H]2OCC[C@@H]21. The molecule has 0 bridgehead atoms. The van der Waals surface area contributed by atoms with Crippen LogP contribution in [0.3, 0.4) is 0 Å². The van der Waals surface area contributed by atoms with Gasteiger partial charge in [-0.2, -0.15) is 0 Å². The number of rotatable bonds is 4. The van der Waals surface area contributed by atoms with Crippen LogP contribution in [-0.2, 0) is 20.7 Å². The number of methoxy groups -OCH3 is 2. The number of likely N-dealkylation sites (tertiary alicyclic amines) is 1. The van der Waals surface area contributed by atoms with Crippen LogP contribution in [0.5, 0.6) is 5.75 Å². The highest BCUT2D eigenvalue weighted by atomic mass is 19.1. The molecule has 23 heavy (non-hydrogen) atoms. The molecule has 0 aliphatic carbocycles. The highest BCUT2D eigenvalue weighted by Crippen LogP contribution is 2.31. The number of benzene rings is 1. The zero-order chi connectivity index (χ0) is 16.4. The Balaban J connectivity index is 1.73. The standard InChI is InChI=1S/C17H22FNO4/c1-21-14-5-7-19(13-6-8-23-17(13)14)16(20)9-11-3-4-12(18)10-15(11)22-2/h3-4,10,13-14,17H,5-9H2,1-2H3/t13-,14-,17-/m0/s1. The molecule has 2 aliphatic rings. The van der Waals surface area contributed by atoms with Gasteiger partial charge in [-0.1, -0.05) is 6.07 Å². The zero-order valence-electron chi connectivity index (χ0n) is 13.5. The topological polar surface area (TPSA) is 48.0 Å². The van der Waals surface area contributed by atoms with Crippen molar-refractivity contribution in [2.45, 2.75) is 37.5 Å². The summed E-state index contributed by atoms with van der Waals surface area (Å²) in [4.78, 5) is 14.6. The van der Waals surface area contributed by atoms with Gasteiger partial charge in [0, 0.05) is 31.9 Å². The van der Waals surface area contributed by atoms with Gasteiger partial charge in [0.1, 0.15) is 17.7 Å².